The van der Waals surface area contributed by atoms with Crippen molar-refractivity contribution in [3.05, 3.63) is 57.6 Å². The summed E-state index contributed by atoms with van der Waals surface area (Å²) >= 11 is 0. The fraction of sp³-hybridized carbons (Fsp3) is 0.641. The Labute approximate surface area is 273 Å². The van der Waals surface area contributed by atoms with Gasteiger partial charge in [0.1, 0.15) is 11.5 Å². The van der Waals surface area contributed by atoms with Crippen LogP contribution < -0.4 is 0 Å². The van der Waals surface area contributed by atoms with Crippen LogP contribution in [0.25, 0.3) is 0 Å². The van der Waals surface area contributed by atoms with Crippen LogP contribution in [-0.4, -0.2) is 33.9 Å². The summed E-state index contributed by atoms with van der Waals surface area (Å²) in [5, 5.41) is 30.1. The minimum Gasteiger partial charge on any atom is -0.507 e. The number of ether oxygens (including phenoxy) is 1. The van der Waals surface area contributed by atoms with E-state index in [4.69, 9.17) is 9.84 Å². The van der Waals surface area contributed by atoms with Crippen molar-refractivity contribution in [2.75, 3.05) is 6.61 Å². The molecular formula is C39H62O6. The summed E-state index contributed by atoms with van der Waals surface area (Å²) in [5.74, 6) is -0.256. The normalized spacial score (nSPS) is 12.8. The highest BCUT2D eigenvalue weighted by atomic mass is 16.5. The smallest absolute Gasteiger partial charge is 0.306 e. The van der Waals surface area contributed by atoms with Gasteiger partial charge in [0.25, 0.3) is 0 Å². The Morgan fingerprint density at radius 2 is 0.844 bits per heavy atom. The number of carbonyl (C=O) groups excluding carboxylic acids is 1. The summed E-state index contributed by atoms with van der Waals surface area (Å²) in [5.41, 5.74) is 4.96. The second-order valence-electron chi connectivity index (χ2n) is 17.7. The fourth-order valence-electron chi connectivity index (χ4n) is 4.83. The summed E-state index contributed by atoms with van der Waals surface area (Å²) in [6.45, 7) is 31.4. The summed E-state index contributed by atoms with van der Waals surface area (Å²) in [6, 6.07) is 7.93. The van der Waals surface area contributed by atoms with Crippen LogP contribution >= 0.6 is 0 Å². The van der Waals surface area contributed by atoms with Gasteiger partial charge in [0.05, 0.1) is 6.61 Å². The predicted octanol–water partition coefficient (Wildman–Crippen LogP) is 9.51. The first kappa shape index (κ1) is 40.0. The van der Waals surface area contributed by atoms with Crippen LogP contribution in [0, 0.1) is 5.41 Å². The molecule has 0 aliphatic heterocycles. The Morgan fingerprint density at radius 1 is 0.556 bits per heavy atom. The number of aliphatic carboxylic acids is 1. The van der Waals surface area contributed by atoms with E-state index in [0.29, 0.717) is 37.4 Å². The molecule has 3 N–H and O–H groups in total. The molecule has 0 aromatic heterocycles. The molecule has 0 saturated heterocycles. The van der Waals surface area contributed by atoms with Crippen molar-refractivity contribution in [3.63, 3.8) is 0 Å². The first-order valence-corrected chi connectivity index (χ1v) is 16.1. The molecule has 0 aliphatic carbocycles. The average Bonchev–Trinajstić information content (AvgIpc) is 2.83. The van der Waals surface area contributed by atoms with Gasteiger partial charge in [-0.15, -0.1) is 0 Å². The van der Waals surface area contributed by atoms with E-state index < -0.39 is 5.97 Å². The zero-order valence-corrected chi connectivity index (χ0v) is 30.9. The van der Waals surface area contributed by atoms with Crippen LogP contribution in [0.3, 0.4) is 0 Å². The maximum Gasteiger partial charge on any atom is 0.306 e. The van der Waals surface area contributed by atoms with E-state index in [9.17, 15) is 19.8 Å². The van der Waals surface area contributed by atoms with E-state index in [2.05, 4.69) is 83.1 Å². The van der Waals surface area contributed by atoms with Crippen molar-refractivity contribution >= 4 is 11.9 Å². The number of hydrogen-bond acceptors (Lipinski definition) is 5. The van der Waals surface area contributed by atoms with Gasteiger partial charge in [-0.1, -0.05) is 128 Å². The molecule has 0 bridgehead atoms. The van der Waals surface area contributed by atoms with Gasteiger partial charge in [0.15, 0.2) is 0 Å². The number of carboxylic acid groups (broad SMARTS) is 1. The van der Waals surface area contributed by atoms with Crippen LogP contribution in [0.15, 0.2) is 24.3 Å². The lowest BCUT2D eigenvalue weighted by Gasteiger charge is -2.28. The van der Waals surface area contributed by atoms with Crippen LogP contribution in [0.2, 0.25) is 0 Å². The minimum absolute atomic E-state index is 0.0208. The Hall–Kier alpha value is -3.02. The quantitative estimate of drug-likeness (QED) is 0.265. The highest BCUT2D eigenvalue weighted by molar-refractivity contribution is 5.70. The number of aromatic hydroxyl groups is 2. The first-order valence-electron chi connectivity index (χ1n) is 16.1. The van der Waals surface area contributed by atoms with E-state index in [1.165, 1.54) is 0 Å². The molecule has 2 rings (SSSR count). The molecule has 6 nitrogen and oxygen atoms in total. The molecule has 0 atom stereocenters. The monoisotopic (exact) mass is 626 g/mol. The second-order valence-corrected chi connectivity index (χ2v) is 17.7. The molecule has 6 heteroatoms. The topological polar surface area (TPSA) is 104 Å². The molecule has 0 aliphatic rings. The number of carboxylic acids is 1. The van der Waals surface area contributed by atoms with E-state index >= 15 is 0 Å². The number of esters is 1. The summed E-state index contributed by atoms with van der Waals surface area (Å²) in [4.78, 5) is 22.8. The largest absolute Gasteiger partial charge is 0.507 e. The Morgan fingerprint density at radius 3 is 1.09 bits per heavy atom. The fourth-order valence-corrected chi connectivity index (χ4v) is 4.83. The van der Waals surface area contributed by atoms with Gasteiger partial charge in [-0.05, 0) is 73.3 Å². The number of aryl methyl sites for hydroxylation is 2. The Kier molecular flexibility index (Phi) is 13.0. The molecule has 0 heterocycles. The summed E-state index contributed by atoms with van der Waals surface area (Å²) < 4.78 is 5.36. The van der Waals surface area contributed by atoms with Crippen LogP contribution in [-0.2, 0) is 48.8 Å². The Balaban J connectivity index is 0.000000461. The lowest BCUT2D eigenvalue weighted by molar-refractivity contribution is -0.146. The molecule has 0 spiro atoms. The number of hydrogen-bond donors (Lipinski definition) is 3. The van der Waals surface area contributed by atoms with Crippen molar-refractivity contribution in [2.45, 2.75) is 151 Å². The lowest BCUT2D eigenvalue weighted by Crippen LogP contribution is -2.19. The molecule has 0 amide bonds. The van der Waals surface area contributed by atoms with E-state index in [1.807, 2.05) is 45.0 Å². The van der Waals surface area contributed by atoms with Crippen molar-refractivity contribution in [1.29, 1.82) is 0 Å². The van der Waals surface area contributed by atoms with E-state index in [0.717, 1.165) is 33.4 Å². The van der Waals surface area contributed by atoms with Crippen LogP contribution in [0.1, 0.15) is 150 Å². The second kappa shape index (κ2) is 14.6. The van der Waals surface area contributed by atoms with Crippen molar-refractivity contribution < 1.29 is 29.6 Å². The van der Waals surface area contributed by atoms with Gasteiger partial charge in [0.2, 0.25) is 0 Å². The zero-order chi connectivity index (χ0) is 35.3. The molecular weight excluding hydrogens is 564 g/mol. The number of phenolic OH excluding ortho intramolecular Hbond substituents is 2. The van der Waals surface area contributed by atoms with Gasteiger partial charge in [-0.25, -0.2) is 0 Å². The standard InChI is InChI=1S/C22H36O3.C17H26O3/c1-20(2,3)14-25-18(23)11-10-15-12-16(21(4,5)6)19(24)17(13-15)22(7,8)9;1-16(2,3)12-9-11(7-8-14(18)19)10-13(15(12)20)17(4,5)6/h12-13,24H,10-11,14H2,1-9H3;9-10,20H,7-8H2,1-6H3,(H,18,19). The number of benzene rings is 2. The molecule has 0 saturated carbocycles. The third-order valence-electron chi connectivity index (χ3n) is 7.48. The molecule has 0 radical (unpaired) electrons. The highest BCUT2D eigenvalue weighted by Crippen LogP contribution is 2.41. The third-order valence-corrected chi connectivity index (χ3v) is 7.48. The maximum absolute atomic E-state index is 12.0. The van der Waals surface area contributed by atoms with Crippen LogP contribution in [0.5, 0.6) is 11.5 Å². The van der Waals surface area contributed by atoms with Crippen molar-refractivity contribution in [2.24, 2.45) is 5.41 Å². The number of carbonyl (C=O) groups is 2. The SMILES string of the molecule is CC(C)(C)COC(=O)CCc1cc(C(C)(C)C)c(O)c(C(C)(C)C)c1.CC(C)(C)c1cc(CCC(=O)O)cc(C(C)(C)C)c1O. The maximum atomic E-state index is 12.0. The molecule has 2 aromatic carbocycles. The summed E-state index contributed by atoms with van der Waals surface area (Å²) in [7, 11) is 0. The van der Waals surface area contributed by atoms with E-state index in [1.54, 1.807) is 0 Å². The first-order chi connectivity index (χ1) is 20.0. The van der Waals surface area contributed by atoms with E-state index in [-0.39, 0.29) is 39.5 Å². The molecule has 254 valence electrons. The van der Waals surface area contributed by atoms with Gasteiger partial charge in [-0.3, -0.25) is 9.59 Å². The highest BCUT2D eigenvalue weighted by Gasteiger charge is 2.28. The number of phenols is 2. The molecule has 45 heavy (non-hydrogen) atoms. The summed E-state index contributed by atoms with van der Waals surface area (Å²) in [6.07, 6.45) is 1.57. The average molecular weight is 627 g/mol. The van der Waals surface area contributed by atoms with Crippen molar-refractivity contribution in [3.8, 4) is 11.5 Å². The third kappa shape index (κ3) is 13.1. The molecule has 0 unspecified atom stereocenters. The molecule has 0 fully saturated rings. The lowest BCUT2D eigenvalue weighted by atomic mass is 9.78. The predicted molar refractivity (Wildman–Crippen MR) is 186 cm³/mol. The Bertz CT molecular complexity index is 1250. The van der Waals surface area contributed by atoms with Gasteiger partial charge in [-0.2, -0.15) is 0 Å². The minimum atomic E-state index is -0.798. The van der Waals surface area contributed by atoms with Gasteiger partial charge >= 0.3 is 11.9 Å². The van der Waals surface area contributed by atoms with Crippen LogP contribution in [0.4, 0.5) is 0 Å². The number of rotatable bonds is 7. The van der Waals surface area contributed by atoms with Gasteiger partial charge < -0.3 is 20.1 Å². The van der Waals surface area contributed by atoms with Gasteiger partial charge in [0, 0.05) is 12.8 Å². The van der Waals surface area contributed by atoms with Crippen molar-refractivity contribution in [1.82, 2.24) is 0 Å². The zero-order valence-electron chi connectivity index (χ0n) is 30.9. The molecule has 2 aromatic rings.